The van der Waals surface area contributed by atoms with E-state index in [1.165, 1.54) is 5.56 Å². The summed E-state index contributed by atoms with van der Waals surface area (Å²) in [5, 5.41) is 11.7. The largest absolute Gasteiger partial charge is 0.490 e. The Morgan fingerprint density at radius 2 is 1.67 bits per heavy atom. The summed E-state index contributed by atoms with van der Waals surface area (Å²) < 4.78 is 57.9. The first kappa shape index (κ1) is 34.1. The van der Waals surface area contributed by atoms with Crippen LogP contribution in [0.1, 0.15) is 67.9 Å². The highest BCUT2D eigenvalue weighted by Gasteiger charge is 2.38. The Morgan fingerprint density at radius 1 is 1.09 bits per heavy atom. The smallest absolute Gasteiger partial charge is 0.475 e. The maximum atomic E-state index is 12.3. The molecule has 0 spiro atoms. The van der Waals surface area contributed by atoms with Gasteiger partial charge in [-0.2, -0.15) is 13.2 Å². The monoisotopic (exact) mass is 624 g/mol. The Balaban J connectivity index is 0.000000646. The molecule has 1 aliphatic heterocycles. The molecular weight excluding hydrogens is 585 g/mol. The summed E-state index contributed by atoms with van der Waals surface area (Å²) in [6, 6.07) is 12.8. The highest BCUT2D eigenvalue weighted by Crippen LogP contribution is 2.37. The Bertz CT molecular complexity index is 1530. The van der Waals surface area contributed by atoms with Crippen LogP contribution in [0, 0.1) is 5.92 Å². The number of rotatable bonds is 9. The number of alkyl halides is 3. The zero-order chi connectivity index (χ0) is 32.1. The molecule has 1 saturated heterocycles. The number of sulfonamides is 1. The fraction of sp³-hybridized carbons (Fsp3) is 0.467. The number of fused-ring (bicyclic) bond motifs is 1. The van der Waals surface area contributed by atoms with Gasteiger partial charge in [-0.05, 0) is 72.9 Å². The van der Waals surface area contributed by atoms with E-state index in [-0.39, 0.29) is 11.7 Å². The molecule has 1 atom stereocenters. The van der Waals surface area contributed by atoms with Crippen molar-refractivity contribution in [3.05, 3.63) is 59.3 Å². The molecule has 1 amide bonds. The van der Waals surface area contributed by atoms with Crippen LogP contribution in [0.4, 0.5) is 13.2 Å². The molecule has 13 heteroatoms. The third-order valence-electron chi connectivity index (χ3n) is 7.90. The van der Waals surface area contributed by atoms with Gasteiger partial charge in [0.05, 0.1) is 16.8 Å². The first-order valence-electron chi connectivity index (χ1n) is 14.1. The molecule has 236 valence electrons. The molecule has 43 heavy (non-hydrogen) atoms. The van der Waals surface area contributed by atoms with Gasteiger partial charge >= 0.3 is 12.1 Å². The molecule has 2 heterocycles. The predicted molar refractivity (Wildman–Crippen MR) is 160 cm³/mol. The lowest BCUT2D eigenvalue weighted by Gasteiger charge is -2.31. The lowest BCUT2D eigenvalue weighted by molar-refractivity contribution is -0.192. The molecule has 0 aliphatic carbocycles. The molecule has 2 aromatic carbocycles. The van der Waals surface area contributed by atoms with Gasteiger partial charge in [0.15, 0.2) is 0 Å². The van der Waals surface area contributed by atoms with E-state index in [0.29, 0.717) is 30.6 Å². The summed E-state index contributed by atoms with van der Waals surface area (Å²) in [7, 11) is -3.17. The van der Waals surface area contributed by atoms with Gasteiger partial charge in [0.1, 0.15) is 0 Å². The van der Waals surface area contributed by atoms with E-state index in [4.69, 9.17) is 15.6 Å². The fourth-order valence-corrected chi connectivity index (χ4v) is 6.04. The molecule has 1 aromatic heterocycles. The van der Waals surface area contributed by atoms with Crippen molar-refractivity contribution in [1.82, 2.24) is 14.6 Å². The van der Waals surface area contributed by atoms with Crippen molar-refractivity contribution < 1.29 is 36.3 Å². The molecule has 9 nitrogen and oxygen atoms in total. The van der Waals surface area contributed by atoms with Crippen LogP contribution >= 0.6 is 0 Å². The number of benzene rings is 2. The Morgan fingerprint density at radius 3 is 2.16 bits per heavy atom. The SMILES string of the molecule is CCS(=O)(=O)N1CCC(c2c[nH]c3c(C(N)=O)cc(-c4ccc(CNC(C)C(C)C)cc4)cc23)CC1.O=C(O)C(F)(F)F. The molecule has 1 fully saturated rings. The quantitative estimate of drug-likeness (QED) is 0.257. The van der Waals surface area contributed by atoms with Gasteiger partial charge in [-0.3, -0.25) is 4.79 Å². The number of carbonyl (C=O) groups excluding carboxylic acids is 1. The van der Waals surface area contributed by atoms with Crippen LogP contribution in [-0.2, 0) is 21.4 Å². The minimum absolute atomic E-state index is 0.127. The first-order chi connectivity index (χ1) is 20.0. The number of H-pyrrole nitrogens is 1. The summed E-state index contributed by atoms with van der Waals surface area (Å²) >= 11 is 0. The van der Waals surface area contributed by atoms with Gasteiger partial charge in [-0.1, -0.05) is 38.1 Å². The van der Waals surface area contributed by atoms with E-state index < -0.39 is 28.1 Å². The number of carboxylic acid groups (broad SMARTS) is 1. The van der Waals surface area contributed by atoms with Gasteiger partial charge in [0.2, 0.25) is 10.0 Å². The fourth-order valence-electron chi connectivity index (χ4n) is 4.91. The Kier molecular flexibility index (Phi) is 11.0. The van der Waals surface area contributed by atoms with Crippen molar-refractivity contribution in [3.8, 4) is 11.1 Å². The molecule has 4 rings (SSSR count). The van der Waals surface area contributed by atoms with Crippen LogP contribution in [0.15, 0.2) is 42.6 Å². The number of nitrogens with two attached hydrogens (primary N) is 1. The van der Waals surface area contributed by atoms with Crippen molar-refractivity contribution in [2.24, 2.45) is 11.7 Å². The highest BCUT2D eigenvalue weighted by atomic mass is 32.2. The Hall–Kier alpha value is -3.42. The number of nitrogens with zero attached hydrogens (tertiary/aromatic N) is 1. The number of amides is 1. The minimum atomic E-state index is -5.08. The maximum absolute atomic E-state index is 12.3. The number of hydrogen-bond donors (Lipinski definition) is 4. The van der Waals surface area contributed by atoms with Crippen LogP contribution in [0.2, 0.25) is 0 Å². The summed E-state index contributed by atoms with van der Waals surface area (Å²) in [6.07, 6.45) is -1.63. The van der Waals surface area contributed by atoms with Crippen molar-refractivity contribution >= 4 is 32.8 Å². The number of carbonyl (C=O) groups is 2. The third kappa shape index (κ3) is 8.58. The van der Waals surface area contributed by atoms with Crippen molar-refractivity contribution in [1.29, 1.82) is 0 Å². The molecular formula is C30H39F3N4O5S. The number of aliphatic carboxylic acids is 1. The molecule has 0 radical (unpaired) electrons. The average molecular weight is 625 g/mol. The second-order valence-corrected chi connectivity index (χ2v) is 13.3. The van der Waals surface area contributed by atoms with Crippen LogP contribution < -0.4 is 11.1 Å². The predicted octanol–water partition coefficient (Wildman–Crippen LogP) is 5.23. The molecule has 0 saturated carbocycles. The molecule has 1 aliphatic rings. The van der Waals surface area contributed by atoms with Crippen LogP contribution in [0.25, 0.3) is 22.0 Å². The van der Waals surface area contributed by atoms with E-state index in [9.17, 15) is 26.4 Å². The number of halogens is 3. The normalized spacial score (nSPS) is 15.7. The highest BCUT2D eigenvalue weighted by molar-refractivity contribution is 7.89. The number of nitrogens with one attached hydrogen (secondary N) is 2. The number of primary amides is 1. The standard InChI is InChI=1S/C28H38N4O3S.C2HF3O2/c1-5-36(34,35)32-12-10-22(11-13-32)26-17-31-27-24(26)14-23(15-25(27)28(29)33)21-8-6-20(7-9-21)16-30-19(4)18(2)3;3-2(4,5)1(6)7/h6-9,14-15,17-19,22,30-31H,5,10-13,16H2,1-4H3,(H2,29,33);(H,6,7). The summed E-state index contributed by atoms with van der Waals surface area (Å²) in [4.78, 5) is 24.5. The second kappa shape index (κ2) is 13.9. The molecule has 1 unspecified atom stereocenters. The summed E-state index contributed by atoms with van der Waals surface area (Å²) in [5.41, 5.74) is 11.3. The number of aromatic nitrogens is 1. The third-order valence-corrected chi connectivity index (χ3v) is 9.78. The molecule has 0 bridgehead atoms. The average Bonchev–Trinajstić information content (AvgIpc) is 3.39. The van der Waals surface area contributed by atoms with Crippen molar-refractivity contribution in [3.63, 3.8) is 0 Å². The van der Waals surface area contributed by atoms with Gasteiger partial charge in [0, 0.05) is 37.3 Å². The van der Waals surface area contributed by atoms with E-state index in [1.54, 1.807) is 11.2 Å². The topological polar surface area (TPSA) is 146 Å². The van der Waals surface area contributed by atoms with Gasteiger partial charge < -0.3 is 21.1 Å². The van der Waals surface area contributed by atoms with Gasteiger partial charge in [-0.15, -0.1) is 0 Å². The van der Waals surface area contributed by atoms with E-state index in [2.05, 4.69) is 61.4 Å². The first-order valence-corrected chi connectivity index (χ1v) is 15.7. The molecule has 5 N–H and O–H groups in total. The lowest BCUT2D eigenvalue weighted by Crippen LogP contribution is -2.38. The molecule has 3 aromatic rings. The number of aromatic amines is 1. The van der Waals surface area contributed by atoms with Crippen LogP contribution in [-0.4, -0.2) is 65.8 Å². The number of piperidine rings is 1. The summed E-state index contributed by atoms with van der Waals surface area (Å²) in [5.74, 6) is -2.31. The summed E-state index contributed by atoms with van der Waals surface area (Å²) in [6.45, 7) is 10.1. The zero-order valence-corrected chi connectivity index (χ0v) is 25.5. The lowest BCUT2D eigenvalue weighted by atomic mass is 9.88. The van der Waals surface area contributed by atoms with E-state index >= 15 is 0 Å². The number of hydrogen-bond acceptors (Lipinski definition) is 5. The zero-order valence-electron chi connectivity index (χ0n) is 24.7. The van der Waals surface area contributed by atoms with E-state index in [1.807, 2.05) is 12.3 Å². The van der Waals surface area contributed by atoms with Crippen LogP contribution in [0.5, 0.6) is 0 Å². The van der Waals surface area contributed by atoms with Crippen molar-refractivity contribution in [2.45, 2.75) is 65.2 Å². The van der Waals surface area contributed by atoms with Gasteiger partial charge in [-0.25, -0.2) is 17.5 Å². The van der Waals surface area contributed by atoms with Crippen LogP contribution in [0.3, 0.4) is 0 Å². The van der Waals surface area contributed by atoms with E-state index in [0.717, 1.165) is 47.0 Å². The number of carboxylic acids is 1. The van der Waals surface area contributed by atoms with Crippen molar-refractivity contribution in [2.75, 3.05) is 18.8 Å². The van der Waals surface area contributed by atoms with Gasteiger partial charge in [0.25, 0.3) is 5.91 Å². The second-order valence-electron chi connectivity index (χ2n) is 11.0. The minimum Gasteiger partial charge on any atom is -0.475 e. The Labute approximate surface area is 249 Å². The maximum Gasteiger partial charge on any atom is 0.490 e.